The Labute approximate surface area is 153 Å². The molecule has 0 aliphatic rings. The number of aromatic nitrogens is 3. The molecule has 3 aromatic rings. The van der Waals surface area contributed by atoms with Crippen molar-refractivity contribution in [1.82, 2.24) is 14.1 Å². The van der Waals surface area contributed by atoms with Crippen LogP contribution in [0.15, 0.2) is 46.1 Å². The number of rotatable bonds is 5. The van der Waals surface area contributed by atoms with Crippen LogP contribution >= 0.6 is 0 Å². The lowest BCUT2D eigenvalue weighted by molar-refractivity contribution is -0.118. The van der Waals surface area contributed by atoms with Crippen molar-refractivity contribution < 1.29 is 14.3 Å². The van der Waals surface area contributed by atoms with Crippen LogP contribution in [0.1, 0.15) is 0 Å². The zero-order chi connectivity index (χ0) is 19.6. The van der Waals surface area contributed by atoms with Gasteiger partial charge in [0.2, 0.25) is 0 Å². The minimum Gasteiger partial charge on any atom is -0.497 e. The number of hydrogen-bond acceptors (Lipinski definition) is 6. The SMILES string of the molecule is COc1ccc(OCC(=O)Nc2cnc3c(c2)c(=O)n(C)c(=O)n3C)cc1. The molecular formula is C18H18N4O5. The van der Waals surface area contributed by atoms with Gasteiger partial charge in [0.1, 0.15) is 17.1 Å². The van der Waals surface area contributed by atoms with E-state index < -0.39 is 17.2 Å². The molecule has 0 atom stereocenters. The summed E-state index contributed by atoms with van der Waals surface area (Å²) in [6.45, 7) is -0.213. The Morgan fingerprint density at radius 1 is 1.11 bits per heavy atom. The Morgan fingerprint density at radius 3 is 2.44 bits per heavy atom. The average molecular weight is 370 g/mol. The van der Waals surface area contributed by atoms with Crippen LogP contribution in [-0.4, -0.2) is 33.7 Å². The number of anilines is 1. The van der Waals surface area contributed by atoms with Gasteiger partial charge in [-0.15, -0.1) is 0 Å². The molecule has 0 aliphatic heterocycles. The molecule has 2 aromatic heterocycles. The number of carbonyl (C=O) groups is 1. The van der Waals surface area contributed by atoms with Gasteiger partial charge in [0, 0.05) is 14.1 Å². The van der Waals surface area contributed by atoms with Crippen molar-refractivity contribution in [3.8, 4) is 11.5 Å². The molecule has 0 saturated heterocycles. The highest BCUT2D eigenvalue weighted by Gasteiger charge is 2.11. The third-order valence-electron chi connectivity index (χ3n) is 4.01. The summed E-state index contributed by atoms with van der Waals surface area (Å²) in [5.74, 6) is 0.796. The van der Waals surface area contributed by atoms with Gasteiger partial charge >= 0.3 is 5.69 Å². The highest BCUT2D eigenvalue weighted by molar-refractivity contribution is 5.93. The van der Waals surface area contributed by atoms with E-state index >= 15 is 0 Å². The number of hydrogen-bond donors (Lipinski definition) is 1. The van der Waals surface area contributed by atoms with Crippen molar-refractivity contribution in [1.29, 1.82) is 0 Å². The van der Waals surface area contributed by atoms with Gasteiger partial charge < -0.3 is 14.8 Å². The Morgan fingerprint density at radius 2 is 1.78 bits per heavy atom. The predicted octanol–water partition coefficient (Wildman–Crippen LogP) is 0.658. The number of pyridine rings is 1. The molecule has 140 valence electrons. The fraction of sp³-hybridized carbons (Fsp3) is 0.222. The van der Waals surface area contributed by atoms with E-state index in [4.69, 9.17) is 9.47 Å². The summed E-state index contributed by atoms with van der Waals surface area (Å²) in [6, 6.07) is 8.30. The summed E-state index contributed by atoms with van der Waals surface area (Å²) in [4.78, 5) is 40.4. The normalized spacial score (nSPS) is 10.6. The lowest BCUT2D eigenvalue weighted by Crippen LogP contribution is -2.37. The number of benzene rings is 1. The second-order valence-corrected chi connectivity index (χ2v) is 5.81. The number of fused-ring (bicyclic) bond motifs is 1. The van der Waals surface area contributed by atoms with Gasteiger partial charge in [0.15, 0.2) is 6.61 Å². The van der Waals surface area contributed by atoms with E-state index in [0.29, 0.717) is 17.2 Å². The van der Waals surface area contributed by atoms with Crippen molar-refractivity contribution in [2.45, 2.75) is 0 Å². The van der Waals surface area contributed by atoms with E-state index in [1.54, 1.807) is 31.4 Å². The number of nitrogens with zero attached hydrogens (tertiary/aromatic N) is 3. The summed E-state index contributed by atoms with van der Waals surface area (Å²) >= 11 is 0. The van der Waals surface area contributed by atoms with Gasteiger partial charge in [0.25, 0.3) is 11.5 Å². The van der Waals surface area contributed by atoms with E-state index in [2.05, 4.69) is 10.3 Å². The highest BCUT2D eigenvalue weighted by atomic mass is 16.5. The van der Waals surface area contributed by atoms with Crippen molar-refractivity contribution in [3.63, 3.8) is 0 Å². The van der Waals surface area contributed by atoms with Crippen LogP contribution in [0.4, 0.5) is 5.69 Å². The molecule has 27 heavy (non-hydrogen) atoms. The highest BCUT2D eigenvalue weighted by Crippen LogP contribution is 2.17. The van der Waals surface area contributed by atoms with Gasteiger partial charge in [0.05, 0.1) is 24.4 Å². The van der Waals surface area contributed by atoms with Gasteiger partial charge in [-0.1, -0.05) is 0 Å². The summed E-state index contributed by atoms with van der Waals surface area (Å²) in [7, 11) is 4.47. The third kappa shape index (κ3) is 3.66. The fourth-order valence-electron chi connectivity index (χ4n) is 2.55. The molecule has 1 N–H and O–H groups in total. The largest absolute Gasteiger partial charge is 0.497 e. The summed E-state index contributed by atoms with van der Waals surface area (Å²) in [5, 5.41) is 2.85. The quantitative estimate of drug-likeness (QED) is 0.707. The molecule has 1 aromatic carbocycles. The first-order chi connectivity index (χ1) is 12.9. The Kier molecular flexibility index (Phi) is 4.93. The first kappa shape index (κ1) is 18.2. The average Bonchev–Trinajstić information content (AvgIpc) is 2.69. The number of methoxy groups -OCH3 is 1. The Hall–Kier alpha value is -3.62. The second kappa shape index (κ2) is 7.32. The van der Waals surface area contributed by atoms with E-state index in [1.165, 1.54) is 30.9 Å². The minimum absolute atomic E-state index is 0.213. The van der Waals surface area contributed by atoms with E-state index in [9.17, 15) is 14.4 Å². The lowest BCUT2D eigenvalue weighted by atomic mass is 10.3. The summed E-state index contributed by atoms with van der Waals surface area (Å²) in [6.07, 6.45) is 1.38. The monoisotopic (exact) mass is 370 g/mol. The number of carbonyl (C=O) groups excluding carboxylic acids is 1. The molecule has 0 aliphatic carbocycles. The van der Waals surface area contributed by atoms with E-state index in [1.807, 2.05) is 0 Å². The van der Waals surface area contributed by atoms with Crippen molar-refractivity contribution in [2.75, 3.05) is 19.0 Å². The molecule has 0 fully saturated rings. The van der Waals surface area contributed by atoms with E-state index in [0.717, 1.165) is 4.57 Å². The minimum atomic E-state index is -0.480. The third-order valence-corrected chi connectivity index (χ3v) is 4.01. The molecule has 1 amide bonds. The number of amides is 1. The second-order valence-electron chi connectivity index (χ2n) is 5.81. The summed E-state index contributed by atoms with van der Waals surface area (Å²) in [5.41, 5.74) is -0.368. The predicted molar refractivity (Wildman–Crippen MR) is 99.3 cm³/mol. The molecule has 3 rings (SSSR count). The molecule has 0 radical (unpaired) electrons. The van der Waals surface area contributed by atoms with Gasteiger partial charge in [-0.2, -0.15) is 0 Å². The molecule has 0 spiro atoms. The Balaban J connectivity index is 1.75. The maximum absolute atomic E-state index is 12.3. The first-order valence-corrected chi connectivity index (χ1v) is 8.03. The van der Waals surface area contributed by atoms with Crippen molar-refractivity contribution in [2.24, 2.45) is 14.1 Å². The smallest absolute Gasteiger partial charge is 0.332 e. The van der Waals surface area contributed by atoms with Gasteiger partial charge in [-0.05, 0) is 30.3 Å². The molecule has 0 unspecified atom stereocenters. The van der Waals surface area contributed by atoms with Crippen LogP contribution in [0.5, 0.6) is 11.5 Å². The molecule has 0 bridgehead atoms. The zero-order valence-corrected chi connectivity index (χ0v) is 15.1. The molecule has 0 saturated carbocycles. The molecule has 9 heteroatoms. The summed E-state index contributed by atoms with van der Waals surface area (Å²) < 4.78 is 12.7. The van der Waals surface area contributed by atoms with Gasteiger partial charge in [-0.25, -0.2) is 9.78 Å². The number of aryl methyl sites for hydroxylation is 1. The van der Waals surface area contributed by atoms with E-state index in [-0.39, 0.29) is 17.6 Å². The number of nitrogens with one attached hydrogen (secondary N) is 1. The van der Waals surface area contributed by atoms with Crippen LogP contribution in [0.2, 0.25) is 0 Å². The standard InChI is InChI=1S/C18H18N4O5/c1-21-16-14(17(24)22(2)18(21)25)8-11(9-19-16)20-15(23)10-27-13-6-4-12(26-3)5-7-13/h4-9H,10H2,1-3H3,(H,20,23). The van der Waals surface area contributed by atoms with Crippen LogP contribution in [0, 0.1) is 0 Å². The number of ether oxygens (including phenoxy) is 2. The van der Waals surface area contributed by atoms with Gasteiger partial charge in [-0.3, -0.25) is 18.7 Å². The maximum Gasteiger partial charge on any atom is 0.332 e. The molecular weight excluding hydrogens is 352 g/mol. The van der Waals surface area contributed by atoms with Crippen LogP contribution in [-0.2, 0) is 18.9 Å². The first-order valence-electron chi connectivity index (χ1n) is 8.03. The lowest BCUT2D eigenvalue weighted by Gasteiger charge is -2.10. The van der Waals surface area contributed by atoms with Crippen molar-refractivity contribution >= 4 is 22.6 Å². The zero-order valence-electron chi connectivity index (χ0n) is 15.1. The molecule has 2 heterocycles. The van der Waals surface area contributed by atoms with Crippen LogP contribution < -0.4 is 26.0 Å². The van der Waals surface area contributed by atoms with Crippen molar-refractivity contribution in [3.05, 3.63) is 57.4 Å². The fourth-order valence-corrected chi connectivity index (χ4v) is 2.55. The van der Waals surface area contributed by atoms with Crippen LogP contribution in [0.25, 0.3) is 11.0 Å². The Bertz CT molecular complexity index is 1120. The topological polar surface area (TPSA) is 104 Å². The maximum atomic E-state index is 12.3. The van der Waals surface area contributed by atoms with Crippen LogP contribution in [0.3, 0.4) is 0 Å². The molecule has 9 nitrogen and oxygen atoms in total.